The fourth-order valence-electron chi connectivity index (χ4n) is 2.86. The summed E-state index contributed by atoms with van der Waals surface area (Å²) in [6, 6.07) is 11.8. The third-order valence-corrected chi connectivity index (χ3v) is 4.19. The van der Waals surface area contributed by atoms with Gasteiger partial charge in [-0.25, -0.2) is 4.79 Å². The number of para-hydroxylation sites is 2. The van der Waals surface area contributed by atoms with E-state index in [-0.39, 0.29) is 12.7 Å². The average Bonchev–Trinajstić information content (AvgIpc) is 3.21. The minimum Gasteiger partial charge on any atom is -0.454 e. The molecule has 0 spiro atoms. The second kappa shape index (κ2) is 6.01. The van der Waals surface area contributed by atoms with Crippen LogP contribution in [0, 0.1) is 0 Å². The summed E-state index contributed by atoms with van der Waals surface area (Å²) >= 11 is 0. The van der Waals surface area contributed by atoms with E-state index in [0.717, 1.165) is 5.56 Å². The summed E-state index contributed by atoms with van der Waals surface area (Å²) in [5, 5.41) is 2.83. The van der Waals surface area contributed by atoms with Crippen LogP contribution in [-0.4, -0.2) is 17.3 Å². The number of benzene rings is 2. The van der Waals surface area contributed by atoms with Crippen molar-refractivity contribution in [2.75, 3.05) is 6.79 Å². The van der Waals surface area contributed by atoms with E-state index < -0.39 is 11.8 Å². The van der Waals surface area contributed by atoms with E-state index in [4.69, 9.17) is 13.9 Å². The van der Waals surface area contributed by atoms with Crippen LogP contribution in [0.25, 0.3) is 11.1 Å². The monoisotopic (exact) mass is 340 g/mol. The molecule has 3 aromatic rings. The maximum atomic E-state index is 12.5. The van der Waals surface area contributed by atoms with Crippen molar-refractivity contribution >= 4 is 17.0 Å². The van der Waals surface area contributed by atoms with Crippen molar-refractivity contribution in [3.63, 3.8) is 0 Å². The predicted octanol–water partition coefficient (Wildman–Crippen LogP) is 2.20. The van der Waals surface area contributed by atoms with Crippen LogP contribution in [-0.2, 0) is 11.3 Å². The first-order valence-electron chi connectivity index (χ1n) is 7.90. The van der Waals surface area contributed by atoms with E-state index >= 15 is 0 Å². The van der Waals surface area contributed by atoms with Gasteiger partial charge in [0.05, 0.1) is 5.52 Å². The normalized spacial score (nSPS) is 13.8. The van der Waals surface area contributed by atoms with Gasteiger partial charge in [0, 0.05) is 6.54 Å². The summed E-state index contributed by atoms with van der Waals surface area (Å²) in [6.45, 7) is 2.20. The molecule has 1 aliphatic rings. The molecule has 2 aromatic carbocycles. The molecule has 1 N–H and O–H groups in total. The maximum Gasteiger partial charge on any atom is 0.420 e. The quantitative estimate of drug-likeness (QED) is 0.787. The summed E-state index contributed by atoms with van der Waals surface area (Å²) in [5.41, 5.74) is 1.94. The molecule has 128 valence electrons. The first-order chi connectivity index (χ1) is 12.1. The van der Waals surface area contributed by atoms with Gasteiger partial charge in [-0.05, 0) is 36.8 Å². The van der Waals surface area contributed by atoms with Crippen molar-refractivity contribution in [3.05, 3.63) is 58.6 Å². The molecule has 1 aliphatic heterocycles. The zero-order valence-corrected chi connectivity index (χ0v) is 13.5. The molecular formula is C18H16N2O5. The number of nitrogens with zero attached hydrogens (tertiary/aromatic N) is 1. The average molecular weight is 340 g/mol. The Morgan fingerprint density at radius 1 is 1.20 bits per heavy atom. The number of carbonyl (C=O) groups excluding carboxylic acids is 1. The van der Waals surface area contributed by atoms with Crippen LogP contribution in [0.3, 0.4) is 0 Å². The lowest BCUT2D eigenvalue weighted by Gasteiger charge is -2.13. The standard InChI is InChI=1S/C18H16N2O5/c1-11(20-13-4-2-3-5-14(13)25-18(20)22)17(21)19-9-12-6-7-15-16(8-12)24-10-23-15/h2-8,11H,9-10H2,1H3,(H,19,21). The second-order valence-electron chi connectivity index (χ2n) is 5.79. The molecule has 2 heterocycles. The number of rotatable bonds is 4. The summed E-state index contributed by atoms with van der Waals surface area (Å²) in [5.74, 6) is 0.537. The Morgan fingerprint density at radius 3 is 2.88 bits per heavy atom. The SMILES string of the molecule is CC(C(=O)NCc1ccc2c(c1)OCO2)n1c(=O)oc2ccccc21. The highest BCUT2D eigenvalue weighted by Crippen LogP contribution is 2.32. The Labute approximate surface area is 142 Å². The van der Waals surface area contributed by atoms with Gasteiger partial charge in [0.15, 0.2) is 17.1 Å². The van der Waals surface area contributed by atoms with E-state index in [0.29, 0.717) is 29.1 Å². The molecule has 25 heavy (non-hydrogen) atoms. The van der Waals surface area contributed by atoms with Crippen LogP contribution in [0.5, 0.6) is 11.5 Å². The molecule has 0 fully saturated rings. The predicted molar refractivity (Wildman–Crippen MR) is 89.6 cm³/mol. The van der Waals surface area contributed by atoms with Gasteiger partial charge in [-0.3, -0.25) is 9.36 Å². The molecule has 1 aromatic heterocycles. The molecule has 7 nitrogen and oxygen atoms in total. The van der Waals surface area contributed by atoms with Crippen LogP contribution in [0.4, 0.5) is 0 Å². The molecular weight excluding hydrogens is 324 g/mol. The zero-order valence-electron chi connectivity index (χ0n) is 13.5. The van der Waals surface area contributed by atoms with Gasteiger partial charge in [0.2, 0.25) is 12.7 Å². The second-order valence-corrected chi connectivity index (χ2v) is 5.79. The Hall–Kier alpha value is -3.22. The number of aromatic nitrogens is 1. The largest absolute Gasteiger partial charge is 0.454 e. The minimum absolute atomic E-state index is 0.207. The van der Waals surface area contributed by atoms with Crippen LogP contribution < -0.4 is 20.5 Å². The first kappa shape index (κ1) is 15.3. The number of hydrogen-bond acceptors (Lipinski definition) is 5. The topological polar surface area (TPSA) is 82.7 Å². The van der Waals surface area contributed by atoms with Crippen LogP contribution >= 0.6 is 0 Å². The molecule has 0 saturated carbocycles. The van der Waals surface area contributed by atoms with E-state index in [9.17, 15) is 9.59 Å². The number of carbonyl (C=O) groups is 1. The summed E-state index contributed by atoms with van der Waals surface area (Å²) in [4.78, 5) is 24.5. The van der Waals surface area contributed by atoms with Crippen molar-refractivity contribution in [2.45, 2.75) is 19.5 Å². The van der Waals surface area contributed by atoms with Crippen molar-refractivity contribution in [3.8, 4) is 11.5 Å². The third kappa shape index (κ3) is 2.73. The van der Waals surface area contributed by atoms with E-state index in [1.54, 1.807) is 37.3 Å². The highest BCUT2D eigenvalue weighted by molar-refractivity contribution is 5.82. The number of oxazole rings is 1. The van der Waals surface area contributed by atoms with Gasteiger partial charge < -0.3 is 19.2 Å². The third-order valence-electron chi connectivity index (χ3n) is 4.19. The molecule has 0 saturated heterocycles. The van der Waals surface area contributed by atoms with Crippen molar-refractivity contribution in [1.82, 2.24) is 9.88 Å². The summed E-state index contributed by atoms with van der Waals surface area (Å²) in [7, 11) is 0. The molecule has 4 rings (SSSR count). The fraction of sp³-hybridized carbons (Fsp3) is 0.222. The lowest BCUT2D eigenvalue weighted by molar-refractivity contribution is -0.124. The van der Waals surface area contributed by atoms with Crippen LogP contribution in [0.1, 0.15) is 18.5 Å². The van der Waals surface area contributed by atoms with Gasteiger partial charge >= 0.3 is 5.76 Å². The summed E-state index contributed by atoms with van der Waals surface area (Å²) < 4.78 is 17.1. The van der Waals surface area contributed by atoms with E-state index in [2.05, 4.69) is 5.32 Å². The number of fused-ring (bicyclic) bond motifs is 2. The number of amides is 1. The molecule has 0 aliphatic carbocycles. The van der Waals surface area contributed by atoms with Gasteiger partial charge in [0.1, 0.15) is 6.04 Å². The van der Waals surface area contributed by atoms with Crippen molar-refractivity contribution < 1.29 is 18.7 Å². The number of hydrogen-bond donors (Lipinski definition) is 1. The van der Waals surface area contributed by atoms with Crippen molar-refractivity contribution in [2.24, 2.45) is 0 Å². The summed E-state index contributed by atoms with van der Waals surface area (Å²) in [6.07, 6.45) is 0. The maximum absolute atomic E-state index is 12.5. The van der Waals surface area contributed by atoms with Crippen LogP contribution in [0.2, 0.25) is 0 Å². The number of ether oxygens (including phenoxy) is 2. The molecule has 0 bridgehead atoms. The Kier molecular flexibility index (Phi) is 3.68. The zero-order chi connectivity index (χ0) is 17.4. The van der Waals surface area contributed by atoms with E-state index in [1.807, 2.05) is 12.1 Å². The fourth-order valence-corrected chi connectivity index (χ4v) is 2.86. The molecule has 1 unspecified atom stereocenters. The lowest BCUT2D eigenvalue weighted by atomic mass is 10.2. The Bertz CT molecular complexity index is 1000. The Balaban J connectivity index is 1.50. The van der Waals surface area contributed by atoms with Gasteiger partial charge in [0.25, 0.3) is 0 Å². The molecule has 0 radical (unpaired) electrons. The van der Waals surface area contributed by atoms with Crippen LogP contribution in [0.15, 0.2) is 51.7 Å². The minimum atomic E-state index is -0.690. The van der Waals surface area contributed by atoms with Gasteiger partial charge in [-0.2, -0.15) is 0 Å². The van der Waals surface area contributed by atoms with Gasteiger partial charge in [-0.1, -0.05) is 18.2 Å². The molecule has 1 atom stereocenters. The highest BCUT2D eigenvalue weighted by Gasteiger charge is 2.21. The lowest BCUT2D eigenvalue weighted by Crippen LogP contribution is -2.34. The number of nitrogens with one attached hydrogen (secondary N) is 1. The highest BCUT2D eigenvalue weighted by atomic mass is 16.7. The first-order valence-corrected chi connectivity index (χ1v) is 7.90. The molecule has 7 heteroatoms. The van der Waals surface area contributed by atoms with Gasteiger partial charge in [-0.15, -0.1) is 0 Å². The Morgan fingerprint density at radius 2 is 2.00 bits per heavy atom. The van der Waals surface area contributed by atoms with Crippen molar-refractivity contribution in [1.29, 1.82) is 0 Å². The van der Waals surface area contributed by atoms with E-state index in [1.165, 1.54) is 4.57 Å². The smallest absolute Gasteiger partial charge is 0.420 e. The molecule has 1 amide bonds.